The molecule has 1 aliphatic carbocycles. The molecule has 41 heavy (non-hydrogen) atoms. The second kappa shape index (κ2) is 25.2. The Morgan fingerprint density at radius 2 is 1.78 bits per heavy atom. The summed E-state index contributed by atoms with van der Waals surface area (Å²) < 4.78 is 4.87. The zero-order valence-electron chi connectivity index (χ0n) is 26.8. The van der Waals surface area contributed by atoms with Gasteiger partial charge in [0.2, 0.25) is 0 Å². The summed E-state index contributed by atoms with van der Waals surface area (Å²) in [5.41, 5.74) is 3.11. The molecule has 1 aliphatic rings. The first-order valence-corrected chi connectivity index (χ1v) is 13.7. The SMILES string of the molecule is C=C/C(=C\C=C(/C)NC(=O)Nc1cnc(C)cn1)C(=O)N(C)C.CC.CC1=CCC=CC=C1.COCCCN(C)C.[HH].[HH]. The van der Waals surface area contributed by atoms with Crippen molar-refractivity contribution in [3.63, 3.8) is 0 Å². The number of aryl methyl sites for hydroxylation is 1. The van der Waals surface area contributed by atoms with Crippen LogP contribution in [0.3, 0.4) is 0 Å². The minimum atomic E-state index is -0.440. The lowest BCUT2D eigenvalue weighted by Gasteiger charge is -2.10. The Balaban J connectivity index is -0.000000313. The number of anilines is 1. The topological polar surface area (TPSA) is 99.7 Å². The summed E-state index contributed by atoms with van der Waals surface area (Å²) in [6, 6.07) is -0.440. The average molecular weight is 573 g/mol. The summed E-state index contributed by atoms with van der Waals surface area (Å²) in [6.45, 7) is 15.2. The molecule has 0 saturated carbocycles. The van der Waals surface area contributed by atoms with Crippen molar-refractivity contribution in [2.45, 2.75) is 47.5 Å². The zero-order chi connectivity index (χ0) is 31.6. The van der Waals surface area contributed by atoms with Gasteiger partial charge in [-0.3, -0.25) is 15.1 Å². The fraction of sp³-hybridized carbons (Fsp3) is 0.438. The highest BCUT2D eigenvalue weighted by molar-refractivity contribution is 5.96. The van der Waals surface area contributed by atoms with Crippen molar-refractivity contribution in [1.29, 1.82) is 0 Å². The number of amides is 3. The third-order valence-electron chi connectivity index (χ3n) is 4.86. The van der Waals surface area contributed by atoms with E-state index in [2.05, 4.69) is 83.5 Å². The highest BCUT2D eigenvalue weighted by atomic mass is 16.5. The maximum absolute atomic E-state index is 11.8. The Morgan fingerprint density at radius 3 is 2.32 bits per heavy atom. The lowest BCUT2D eigenvalue weighted by Crippen LogP contribution is -2.27. The number of carbonyl (C=O) groups excluding carboxylic acids is 2. The van der Waals surface area contributed by atoms with Gasteiger partial charge >= 0.3 is 6.03 Å². The molecule has 0 aliphatic heterocycles. The Kier molecular flexibility index (Phi) is 24.1. The number of methoxy groups -OCH3 is 1. The monoisotopic (exact) mass is 572 g/mol. The van der Waals surface area contributed by atoms with E-state index in [-0.39, 0.29) is 8.76 Å². The van der Waals surface area contributed by atoms with Gasteiger partial charge in [0, 0.05) is 41.9 Å². The standard InChI is InChI=1S/C16H21N5O2.C8H10.C6H15NO.C2H6.2H2/c1-6-13(15(22)21(4)5)8-7-11(2)19-16(23)20-14-10-17-12(3)9-18-14;1-8-6-4-2-3-5-7-8;1-7(2)5-4-6-8-3;1-2;;/h6-10H,1H2,2-5H3,(H2,18,19,20,23);2-4,6-7H,5H2,1H3;4-6H2,1-3H3;1-2H3;2*1H/b11-7+,13-8+;;;;;. The minimum Gasteiger partial charge on any atom is -0.385 e. The van der Waals surface area contributed by atoms with Crippen LogP contribution < -0.4 is 10.6 Å². The van der Waals surface area contributed by atoms with E-state index in [0.717, 1.165) is 31.7 Å². The first-order valence-electron chi connectivity index (χ1n) is 13.7. The van der Waals surface area contributed by atoms with Crippen molar-refractivity contribution >= 4 is 17.8 Å². The molecule has 0 bridgehead atoms. The van der Waals surface area contributed by atoms with Gasteiger partial charge in [0.1, 0.15) is 0 Å². The predicted octanol–water partition coefficient (Wildman–Crippen LogP) is 6.56. The van der Waals surface area contributed by atoms with Crippen molar-refractivity contribution < 1.29 is 17.2 Å². The number of nitrogens with one attached hydrogen (secondary N) is 2. The van der Waals surface area contributed by atoms with E-state index in [4.69, 9.17) is 4.74 Å². The quantitative estimate of drug-likeness (QED) is 0.197. The average Bonchev–Trinajstić information content (AvgIpc) is 3.19. The lowest BCUT2D eigenvalue weighted by atomic mass is 10.2. The molecular formula is C32H56N6O3. The summed E-state index contributed by atoms with van der Waals surface area (Å²) in [4.78, 5) is 35.3. The number of likely N-dealkylation sites (N-methyl/N-ethyl adjacent to an activating group) is 1. The first-order chi connectivity index (χ1) is 19.5. The molecule has 0 atom stereocenters. The van der Waals surface area contributed by atoms with Crippen LogP contribution in [0.2, 0.25) is 0 Å². The van der Waals surface area contributed by atoms with Crippen LogP contribution in [-0.4, -0.2) is 80.2 Å². The van der Waals surface area contributed by atoms with Crippen LogP contribution in [0.1, 0.15) is 49.1 Å². The van der Waals surface area contributed by atoms with Crippen LogP contribution in [0, 0.1) is 6.92 Å². The van der Waals surface area contributed by atoms with Crippen molar-refractivity contribution in [2.24, 2.45) is 0 Å². The molecule has 1 aromatic rings. The number of allylic oxidation sites excluding steroid dienone is 9. The highest BCUT2D eigenvalue weighted by Crippen LogP contribution is 2.04. The van der Waals surface area contributed by atoms with E-state index in [1.807, 2.05) is 20.8 Å². The molecule has 3 amide bonds. The Morgan fingerprint density at radius 1 is 1.10 bits per heavy atom. The molecule has 1 aromatic heterocycles. The third kappa shape index (κ3) is 22.7. The predicted molar refractivity (Wildman–Crippen MR) is 177 cm³/mol. The molecule has 0 aromatic carbocycles. The van der Waals surface area contributed by atoms with Gasteiger partial charge in [-0.1, -0.05) is 62.5 Å². The van der Waals surface area contributed by atoms with E-state index < -0.39 is 6.03 Å². The lowest BCUT2D eigenvalue weighted by molar-refractivity contribution is -0.124. The number of ether oxygens (including phenoxy) is 1. The van der Waals surface area contributed by atoms with Gasteiger partial charge in [0.05, 0.1) is 18.1 Å². The summed E-state index contributed by atoms with van der Waals surface area (Å²) in [5.74, 6) is 0.189. The molecule has 232 valence electrons. The molecule has 0 saturated heterocycles. The molecule has 9 heteroatoms. The van der Waals surface area contributed by atoms with Crippen LogP contribution in [0.25, 0.3) is 0 Å². The molecule has 1 heterocycles. The van der Waals surface area contributed by atoms with Gasteiger partial charge in [-0.25, -0.2) is 9.78 Å². The van der Waals surface area contributed by atoms with Crippen LogP contribution in [0.5, 0.6) is 0 Å². The molecule has 0 radical (unpaired) electrons. The first kappa shape index (κ1) is 39.3. The number of hydrogen-bond donors (Lipinski definition) is 2. The van der Waals surface area contributed by atoms with Crippen LogP contribution in [0.15, 0.2) is 84.4 Å². The fourth-order valence-electron chi connectivity index (χ4n) is 2.74. The van der Waals surface area contributed by atoms with Gasteiger partial charge in [0.15, 0.2) is 5.82 Å². The molecule has 2 N–H and O–H groups in total. The van der Waals surface area contributed by atoms with Crippen LogP contribution in [0.4, 0.5) is 10.6 Å². The third-order valence-corrected chi connectivity index (χ3v) is 4.86. The van der Waals surface area contributed by atoms with E-state index in [0.29, 0.717) is 17.1 Å². The van der Waals surface area contributed by atoms with E-state index in [9.17, 15) is 9.59 Å². The van der Waals surface area contributed by atoms with E-state index in [1.54, 1.807) is 46.5 Å². The van der Waals surface area contributed by atoms with E-state index >= 15 is 0 Å². The molecule has 2 rings (SSSR count). The number of rotatable bonds is 9. The van der Waals surface area contributed by atoms with Crippen LogP contribution in [-0.2, 0) is 9.53 Å². The maximum Gasteiger partial charge on any atom is 0.324 e. The van der Waals surface area contributed by atoms with Gasteiger partial charge < -0.3 is 19.9 Å². The Labute approximate surface area is 251 Å². The number of hydrogen-bond acceptors (Lipinski definition) is 6. The zero-order valence-corrected chi connectivity index (χ0v) is 26.8. The highest BCUT2D eigenvalue weighted by Gasteiger charge is 2.07. The van der Waals surface area contributed by atoms with Crippen molar-refractivity contribution in [1.82, 2.24) is 25.1 Å². The number of aromatic nitrogens is 2. The molecule has 9 nitrogen and oxygen atoms in total. The Hall–Kier alpha value is -3.82. The second-order valence-corrected chi connectivity index (χ2v) is 9.12. The number of carbonyl (C=O) groups is 2. The van der Waals surface area contributed by atoms with Crippen molar-refractivity contribution in [2.75, 3.05) is 53.8 Å². The van der Waals surface area contributed by atoms with Gasteiger partial charge in [-0.2, -0.15) is 0 Å². The fourth-order valence-corrected chi connectivity index (χ4v) is 2.74. The number of nitrogens with zero attached hydrogens (tertiary/aromatic N) is 4. The largest absolute Gasteiger partial charge is 0.385 e. The van der Waals surface area contributed by atoms with Gasteiger partial charge in [-0.05, 0) is 66.4 Å². The second-order valence-electron chi connectivity index (χ2n) is 9.12. The molecular weight excluding hydrogens is 516 g/mol. The molecule has 0 fully saturated rings. The summed E-state index contributed by atoms with van der Waals surface area (Å²) in [6.07, 6.45) is 20.5. The minimum absolute atomic E-state index is 0. The molecule has 0 spiro atoms. The normalized spacial score (nSPS) is 12.2. The van der Waals surface area contributed by atoms with Gasteiger partial charge in [0.25, 0.3) is 5.91 Å². The molecule has 0 unspecified atom stereocenters. The Bertz CT molecular complexity index is 1040. The summed E-state index contributed by atoms with van der Waals surface area (Å²) in [5, 5.41) is 5.19. The van der Waals surface area contributed by atoms with E-state index in [1.165, 1.54) is 22.7 Å². The summed E-state index contributed by atoms with van der Waals surface area (Å²) >= 11 is 0. The number of urea groups is 1. The maximum atomic E-state index is 11.8. The smallest absolute Gasteiger partial charge is 0.324 e. The van der Waals surface area contributed by atoms with Crippen molar-refractivity contribution in [3.05, 3.63) is 90.1 Å². The van der Waals surface area contributed by atoms with Crippen LogP contribution >= 0.6 is 0 Å². The van der Waals surface area contributed by atoms with Gasteiger partial charge in [-0.15, -0.1) is 0 Å². The summed E-state index contributed by atoms with van der Waals surface area (Å²) in [7, 11) is 9.18. The van der Waals surface area contributed by atoms with Crippen molar-refractivity contribution in [3.8, 4) is 0 Å².